The summed E-state index contributed by atoms with van der Waals surface area (Å²) in [5.74, 6) is 0.00866. The van der Waals surface area contributed by atoms with Gasteiger partial charge in [-0.2, -0.15) is 0 Å². The van der Waals surface area contributed by atoms with E-state index >= 15 is 0 Å². The van der Waals surface area contributed by atoms with Gasteiger partial charge < -0.3 is 9.47 Å². The molecule has 0 aromatic carbocycles. The topological polar surface area (TPSA) is 52.6 Å². The van der Waals surface area contributed by atoms with Gasteiger partial charge in [-0.05, 0) is 69.9 Å². The van der Waals surface area contributed by atoms with Crippen molar-refractivity contribution in [2.24, 2.45) is 5.92 Å². The van der Waals surface area contributed by atoms with Crippen LogP contribution in [0.15, 0.2) is 47.1 Å². The Labute approximate surface area is 177 Å². The molecule has 0 bridgehead atoms. The quantitative estimate of drug-likeness (QED) is 0.245. The fraction of sp³-hybridized carbons (Fsp3) is 0.600. The van der Waals surface area contributed by atoms with Crippen LogP contribution in [0.25, 0.3) is 0 Å². The second-order valence-electron chi connectivity index (χ2n) is 7.94. The van der Waals surface area contributed by atoms with Crippen LogP contribution in [-0.4, -0.2) is 25.2 Å². The monoisotopic (exact) mass is 404 g/mol. The molecule has 0 saturated heterocycles. The Hall–Kier alpha value is -2.10. The molecule has 0 N–H and O–H groups in total. The van der Waals surface area contributed by atoms with Crippen LogP contribution in [0.4, 0.5) is 0 Å². The molecule has 0 atom stereocenters. The van der Waals surface area contributed by atoms with Gasteiger partial charge in [0.15, 0.2) is 0 Å². The lowest BCUT2D eigenvalue weighted by molar-refractivity contribution is -0.140. The molecule has 0 amide bonds. The first-order chi connectivity index (χ1) is 13.6. The predicted octanol–water partition coefficient (Wildman–Crippen LogP) is 6.48. The van der Waals surface area contributed by atoms with Gasteiger partial charge in [-0.3, -0.25) is 9.59 Å². The van der Waals surface area contributed by atoms with Crippen molar-refractivity contribution in [3.05, 3.63) is 47.1 Å². The van der Waals surface area contributed by atoms with Crippen LogP contribution in [0.5, 0.6) is 0 Å². The maximum absolute atomic E-state index is 11.2. The fourth-order valence-electron chi connectivity index (χ4n) is 2.59. The van der Waals surface area contributed by atoms with Crippen molar-refractivity contribution in [1.29, 1.82) is 0 Å². The summed E-state index contributed by atoms with van der Waals surface area (Å²) in [5, 5.41) is 0. The van der Waals surface area contributed by atoms with Gasteiger partial charge in [-0.1, -0.05) is 49.3 Å². The molecule has 29 heavy (non-hydrogen) atoms. The second-order valence-corrected chi connectivity index (χ2v) is 7.94. The number of carbonyl (C=O) groups excluding carboxylic acids is 2. The molecule has 0 aromatic rings. The molecule has 0 fully saturated rings. The summed E-state index contributed by atoms with van der Waals surface area (Å²) in [5.41, 5.74) is 4.99. The number of allylic oxidation sites excluding steroid dienone is 5. The summed E-state index contributed by atoms with van der Waals surface area (Å²) in [6.45, 7) is 16.2. The van der Waals surface area contributed by atoms with E-state index in [0.29, 0.717) is 19.1 Å². The molecule has 0 aliphatic carbocycles. The van der Waals surface area contributed by atoms with E-state index in [4.69, 9.17) is 9.47 Å². The van der Waals surface area contributed by atoms with E-state index in [1.807, 2.05) is 13.0 Å². The van der Waals surface area contributed by atoms with Gasteiger partial charge in [0.2, 0.25) is 0 Å². The van der Waals surface area contributed by atoms with Crippen LogP contribution in [0, 0.1) is 5.92 Å². The third-order valence-corrected chi connectivity index (χ3v) is 4.77. The normalized spacial score (nSPS) is 12.9. The minimum atomic E-state index is -0.269. The summed E-state index contributed by atoms with van der Waals surface area (Å²) < 4.78 is 10.1. The van der Waals surface area contributed by atoms with Crippen molar-refractivity contribution in [2.45, 2.75) is 80.1 Å². The maximum atomic E-state index is 11.2. The molecule has 0 unspecified atom stereocenters. The van der Waals surface area contributed by atoms with E-state index in [2.05, 4.69) is 39.5 Å². The fourth-order valence-corrected chi connectivity index (χ4v) is 2.59. The highest BCUT2D eigenvalue weighted by Gasteiger charge is 2.03. The first kappa shape index (κ1) is 26.9. The Balaban J connectivity index is 4.58. The van der Waals surface area contributed by atoms with Crippen molar-refractivity contribution in [3.63, 3.8) is 0 Å². The Morgan fingerprint density at radius 2 is 1.38 bits per heavy atom. The van der Waals surface area contributed by atoms with Gasteiger partial charge in [0, 0.05) is 13.8 Å². The first-order valence-corrected chi connectivity index (χ1v) is 10.5. The average molecular weight is 405 g/mol. The number of hydrogen-bond donors (Lipinski definition) is 0. The Bertz CT molecular complexity index is 621. The summed E-state index contributed by atoms with van der Waals surface area (Å²) in [6, 6.07) is 0. The van der Waals surface area contributed by atoms with Crippen LogP contribution in [0.2, 0.25) is 0 Å². The molecule has 4 nitrogen and oxygen atoms in total. The zero-order valence-corrected chi connectivity index (χ0v) is 19.3. The van der Waals surface area contributed by atoms with Gasteiger partial charge in [0.1, 0.15) is 13.2 Å². The molecular formula is C25H40O4. The SMILES string of the molecule is C=C(CCC(C)=CCCC(=CCCC(C)=CCOC(C)=O)COC(C)=O)C(C)C. The zero-order valence-electron chi connectivity index (χ0n) is 19.3. The van der Waals surface area contributed by atoms with E-state index in [0.717, 1.165) is 44.1 Å². The van der Waals surface area contributed by atoms with Crippen LogP contribution in [0.3, 0.4) is 0 Å². The lowest BCUT2D eigenvalue weighted by Gasteiger charge is -2.10. The number of carbonyl (C=O) groups is 2. The molecule has 4 heteroatoms. The highest BCUT2D eigenvalue weighted by Crippen LogP contribution is 2.18. The van der Waals surface area contributed by atoms with Gasteiger partial charge >= 0.3 is 11.9 Å². The molecular weight excluding hydrogens is 364 g/mol. The highest BCUT2D eigenvalue weighted by atomic mass is 16.5. The smallest absolute Gasteiger partial charge is 0.302 e. The standard InChI is InChI=1S/C25H40O4/c1-19(2)22(5)15-14-20(3)10-8-12-25(18-29-24(7)27)13-9-11-21(4)16-17-28-23(6)26/h10,13,16,19H,5,8-9,11-12,14-15,17-18H2,1-4,6-7H3. The van der Waals surface area contributed by atoms with Gasteiger partial charge in [-0.25, -0.2) is 0 Å². The minimum absolute atomic E-state index is 0.257. The molecule has 0 aliphatic heterocycles. The van der Waals surface area contributed by atoms with Gasteiger partial charge in [0.25, 0.3) is 0 Å². The Kier molecular flexibility index (Phi) is 14.6. The molecule has 164 valence electrons. The van der Waals surface area contributed by atoms with Crippen LogP contribution >= 0.6 is 0 Å². The van der Waals surface area contributed by atoms with Crippen molar-refractivity contribution in [3.8, 4) is 0 Å². The lowest BCUT2D eigenvalue weighted by atomic mass is 9.97. The molecule has 0 heterocycles. The summed E-state index contributed by atoms with van der Waals surface area (Å²) in [4.78, 5) is 22.0. The van der Waals surface area contributed by atoms with E-state index in [9.17, 15) is 9.59 Å². The van der Waals surface area contributed by atoms with E-state index in [1.165, 1.54) is 30.6 Å². The van der Waals surface area contributed by atoms with Crippen molar-refractivity contribution < 1.29 is 19.1 Å². The third-order valence-electron chi connectivity index (χ3n) is 4.77. The lowest BCUT2D eigenvalue weighted by Crippen LogP contribution is -2.03. The van der Waals surface area contributed by atoms with Gasteiger partial charge in [-0.15, -0.1) is 0 Å². The number of rotatable bonds is 14. The highest BCUT2D eigenvalue weighted by molar-refractivity contribution is 5.66. The first-order valence-electron chi connectivity index (χ1n) is 10.5. The number of esters is 2. The summed E-state index contributed by atoms with van der Waals surface area (Å²) in [7, 11) is 0. The second kappa shape index (κ2) is 15.8. The van der Waals surface area contributed by atoms with Crippen molar-refractivity contribution in [2.75, 3.05) is 13.2 Å². The van der Waals surface area contributed by atoms with Crippen LogP contribution in [0.1, 0.15) is 80.1 Å². The van der Waals surface area contributed by atoms with Crippen LogP contribution < -0.4 is 0 Å². The number of ether oxygens (including phenoxy) is 2. The molecule has 0 aromatic heterocycles. The molecule has 0 spiro atoms. The number of hydrogen-bond acceptors (Lipinski definition) is 4. The van der Waals surface area contributed by atoms with E-state index in [1.54, 1.807) is 0 Å². The summed E-state index contributed by atoms with van der Waals surface area (Å²) >= 11 is 0. The molecule has 0 aliphatic rings. The largest absolute Gasteiger partial charge is 0.462 e. The zero-order chi connectivity index (χ0) is 22.2. The van der Waals surface area contributed by atoms with Crippen molar-refractivity contribution >= 4 is 11.9 Å². The minimum Gasteiger partial charge on any atom is -0.462 e. The van der Waals surface area contributed by atoms with Gasteiger partial charge in [0.05, 0.1) is 0 Å². The summed E-state index contributed by atoms with van der Waals surface area (Å²) in [6.07, 6.45) is 12.0. The molecule has 0 radical (unpaired) electrons. The molecule has 0 saturated carbocycles. The van der Waals surface area contributed by atoms with Crippen LogP contribution in [-0.2, 0) is 19.1 Å². The van der Waals surface area contributed by atoms with Crippen molar-refractivity contribution in [1.82, 2.24) is 0 Å². The average Bonchev–Trinajstić information content (AvgIpc) is 2.63. The van der Waals surface area contributed by atoms with E-state index in [-0.39, 0.29) is 11.9 Å². The van der Waals surface area contributed by atoms with E-state index < -0.39 is 0 Å². The molecule has 0 rings (SSSR count). The predicted molar refractivity (Wildman–Crippen MR) is 121 cm³/mol. The Morgan fingerprint density at radius 1 is 0.793 bits per heavy atom. The maximum Gasteiger partial charge on any atom is 0.302 e. The Morgan fingerprint density at radius 3 is 1.97 bits per heavy atom. The third kappa shape index (κ3) is 16.5.